The van der Waals surface area contributed by atoms with Crippen molar-refractivity contribution in [3.8, 4) is 17.2 Å². The van der Waals surface area contributed by atoms with E-state index >= 15 is 0 Å². The summed E-state index contributed by atoms with van der Waals surface area (Å²) in [6.07, 6.45) is 9.17. The van der Waals surface area contributed by atoms with E-state index in [2.05, 4.69) is 46.1 Å². The summed E-state index contributed by atoms with van der Waals surface area (Å²) in [6.45, 7) is 23.7. The van der Waals surface area contributed by atoms with Crippen LogP contribution in [0.3, 0.4) is 0 Å². The molecular weight excluding hydrogens is 967 g/mol. The van der Waals surface area contributed by atoms with Crippen molar-refractivity contribution in [1.29, 1.82) is 0 Å². The maximum Gasteiger partial charge on any atom is 0.416 e. The fraction of sp³-hybridized carbons (Fsp3) is 0.559. The summed E-state index contributed by atoms with van der Waals surface area (Å²) in [5.74, 6) is 1.04. The lowest BCUT2D eigenvalue weighted by Crippen LogP contribution is -2.58. The van der Waals surface area contributed by atoms with Gasteiger partial charge in [-0.2, -0.15) is 0 Å². The molecule has 3 aromatic carbocycles. The van der Waals surface area contributed by atoms with Gasteiger partial charge in [0.2, 0.25) is 5.91 Å². The molecule has 3 aromatic rings. The third-order valence-electron chi connectivity index (χ3n) is 16.6. The number of aryl methyl sites for hydroxylation is 1. The van der Waals surface area contributed by atoms with Gasteiger partial charge in [-0.1, -0.05) is 78.3 Å². The van der Waals surface area contributed by atoms with Crippen LogP contribution in [0.1, 0.15) is 144 Å². The largest absolute Gasteiger partial charge is 0.493 e. The SMILES string of the molecule is CCC1=CN2C(=O)c3cc(OC)c(OCCCCCOc4cc5c(cc4C)C(=O)N4CC6(CC6)C[C@H]4C(O[Si](C)(C)C(C)(C)C)N5C(=O)OCc4ccc(CC(=O)[C@H](C)NC(=O)[C@@H](C)C(C)C)cc4)cc3N=C[C@@H]2C1. The Bertz CT molecular complexity index is 2720. The highest BCUT2D eigenvalue weighted by atomic mass is 28.4. The number of hydrogen-bond acceptors (Lipinski definition) is 11. The van der Waals surface area contributed by atoms with E-state index in [1.54, 1.807) is 36.0 Å². The number of nitrogens with one attached hydrogen (secondary N) is 1. The van der Waals surface area contributed by atoms with E-state index in [9.17, 15) is 24.0 Å². The zero-order valence-corrected chi connectivity index (χ0v) is 47.3. The molecular formula is C59H79N5O10Si. The van der Waals surface area contributed by atoms with Crippen molar-refractivity contribution in [1.82, 2.24) is 15.1 Å². The summed E-state index contributed by atoms with van der Waals surface area (Å²) in [5.41, 5.74) is 5.35. The number of aliphatic imine (C=N–C) groups is 1. The fourth-order valence-corrected chi connectivity index (χ4v) is 11.3. The lowest BCUT2D eigenvalue weighted by molar-refractivity contribution is -0.130. The van der Waals surface area contributed by atoms with Crippen molar-refractivity contribution < 1.29 is 47.3 Å². The van der Waals surface area contributed by atoms with Crippen LogP contribution in [0.5, 0.6) is 17.2 Å². The molecule has 5 atom stereocenters. The smallest absolute Gasteiger partial charge is 0.416 e. The van der Waals surface area contributed by atoms with Crippen LogP contribution in [0.4, 0.5) is 16.2 Å². The minimum Gasteiger partial charge on any atom is -0.493 e. The van der Waals surface area contributed by atoms with Crippen molar-refractivity contribution in [2.24, 2.45) is 22.2 Å². The summed E-state index contributed by atoms with van der Waals surface area (Å²) in [7, 11) is -1.02. The Balaban J connectivity index is 0.960. The van der Waals surface area contributed by atoms with Gasteiger partial charge < -0.3 is 38.5 Å². The second-order valence-corrected chi connectivity index (χ2v) is 28.2. The van der Waals surface area contributed by atoms with E-state index in [0.29, 0.717) is 65.9 Å². The van der Waals surface area contributed by atoms with Gasteiger partial charge in [0.25, 0.3) is 11.8 Å². The quantitative estimate of drug-likeness (QED) is 0.0850. The average Bonchev–Trinajstić information content (AvgIpc) is 3.89. The molecule has 16 heteroatoms. The number of ketones is 1. The number of carbonyl (C=O) groups is 5. The van der Waals surface area contributed by atoms with Crippen LogP contribution in [0.2, 0.25) is 18.1 Å². The number of Topliss-reactive ketones (excluding diaryl/α,β-unsaturated/α-hetero) is 1. The van der Waals surface area contributed by atoms with Crippen molar-refractivity contribution in [3.05, 3.63) is 88.1 Å². The zero-order valence-electron chi connectivity index (χ0n) is 46.3. The predicted molar refractivity (Wildman–Crippen MR) is 293 cm³/mol. The van der Waals surface area contributed by atoms with E-state index in [4.69, 9.17) is 28.4 Å². The number of unbranched alkanes of at least 4 members (excludes halogenated alkanes) is 2. The standard InChI is InChI=1S/C59H79N5O10Si/c1-13-40-26-43-32-60-46-29-52(51(70-10)28-44(46)54(67)62(43)33-40)72-24-16-14-15-23-71-50-30-47-45(25-37(50)4)55(68)63-35-59(21-22-59)31-48(63)56(74-75(11,12)58(7,8)9)64(47)57(69)73-34-42-19-17-41(18-20-42)27-49(65)39(6)61-53(66)38(5)36(2)3/h17-20,25,28-30,32-33,36,38-39,43,48,56H,13-16,21-24,26-27,31,34-35H2,1-12H3,(H,61,66)/t38-,39-,43-,48-,56?/m0/s1. The number of benzene rings is 3. The van der Waals surface area contributed by atoms with Crippen molar-refractivity contribution in [2.75, 3.05) is 31.8 Å². The van der Waals surface area contributed by atoms with Crippen LogP contribution in [0.25, 0.3) is 0 Å². The van der Waals surface area contributed by atoms with Gasteiger partial charge in [0, 0.05) is 43.4 Å². The first kappa shape index (κ1) is 55.2. The molecule has 2 fully saturated rings. The number of amides is 4. The Hall–Kier alpha value is -6.00. The molecule has 8 rings (SSSR count). The predicted octanol–water partition coefficient (Wildman–Crippen LogP) is 11.3. The highest BCUT2D eigenvalue weighted by molar-refractivity contribution is 6.74. The van der Waals surface area contributed by atoms with Crippen molar-refractivity contribution in [3.63, 3.8) is 0 Å². The minimum atomic E-state index is -2.58. The lowest BCUT2D eigenvalue weighted by atomic mass is 9.96. The molecule has 0 aromatic heterocycles. The molecule has 15 nitrogen and oxygen atoms in total. The van der Waals surface area contributed by atoms with Gasteiger partial charge in [0.1, 0.15) is 12.4 Å². The number of fused-ring (bicyclic) bond motifs is 4. The highest BCUT2D eigenvalue weighted by Crippen LogP contribution is 2.57. The molecule has 4 aliphatic heterocycles. The monoisotopic (exact) mass is 1050 g/mol. The molecule has 1 unspecified atom stereocenters. The van der Waals surface area contributed by atoms with Gasteiger partial charge in [0.05, 0.1) is 61.0 Å². The summed E-state index contributed by atoms with van der Waals surface area (Å²) >= 11 is 0. The molecule has 1 saturated carbocycles. The number of methoxy groups -OCH3 is 1. The van der Waals surface area contributed by atoms with Crippen LogP contribution >= 0.6 is 0 Å². The average molecular weight is 1050 g/mol. The zero-order chi connectivity index (χ0) is 54.1. The van der Waals surface area contributed by atoms with Gasteiger partial charge in [0.15, 0.2) is 31.8 Å². The Kier molecular flexibility index (Phi) is 16.4. The van der Waals surface area contributed by atoms with Crippen molar-refractivity contribution in [2.45, 2.75) is 169 Å². The Morgan fingerprint density at radius 2 is 1.56 bits per heavy atom. The molecule has 1 spiro atoms. The first-order valence-electron chi connectivity index (χ1n) is 27.1. The number of nitrogens with zero attached hydrogens (tertiary/aromatic N) is 4. The van der Waals surface area contributed by atoms with Gasteiger partial charge in [-0.05, 0) is 124 Å². The highest BCUT2D eigenvalue weighted by Gasteiger charge is 2.59. The first-order valence-corrected chi connectivity index (χ1v) is 30.0. The topological polar surface area (TPSA) is 166 Å². The number of hydrogen-bond donors (Lipinski definition) is 1. The number of carbonyl (C=O) groups excluding carboxylic acids is 5. The number of anilines is 1. The second-order valence-electron chi connectivity index (χ2n) is 23.4. The third-order valence-corrected chi connectivity index (χ3v) is 21.1. The molecule has 0 radical (unpaired) electrons. The summed E-state index contributed by atoms with van der Waals surface area (Å²) < 4.78 is 31.9. The van der Waals surface area contributed by atoms with Gasteiger partial charge in [-0.15, -0.1) is 0 Å². The number of ether oxygens (including phenoxy) is 4. The molecule has 1 N–H and O–H groups in total. The maximum absolute atomic E-state index is 15.0. The molecule has 4 amide bonds. The molecule has 0 bridgehead atoms. The third kappa shape index (κ3) is 12.0. The molecule has 404 valence electrons. The summed E-state index contributed by atoms with van der Waals surface area (Å²) in [4.78, 5) is 79.1. The van der Waals surface area contributed by atoms with Crippen LogP contribution in [0, 0.1) is 24.2 Å². The van der Waals surface area contributed by atoms with E-state index in [1.807, 2.05) is 81.4 Å². The van der Waals surface area contributed by atoms with Gasteiger partial charge in [-0.25, -0.2) is 9.69 Å². The Morgan fingerprint density at radius 3 is 2.20 bits per heavy atom. The maximum atomic E-state index is 15.0. The van der Waals surface area contributed by atoms with Gasteiger partial charge >= 0.3 is 6.09 Å². The normalized spacial score (nSPS) is 20.4. The fourth-order valence-electron chi connectivity index (χ4n) is 10.1. The Morgan fingerprint density at radius 1 is 0.880 bits per heavy atom. The first-order chi connectivity index (χ1) is 35.5. The Labute approximate surface area is 444 Å². The van der Waals surface area contributed by atoms with Gasteiger partial charge in [-0.3, -0.25) is 24.2 Å². The van der Waals surface area contributed by atoms with Crippen LogP contribution < -0.4 is 24.4 Å². The summed E-state index contributed by atoms with van der Waals surface area (Å²) in [6, 6.07) is 13.4. The van der Waals surface area contributed by atoms with E-state index < -0.39 is 26.7 Å². The van der Waals surface area contributed by atoms with E-state index in [0.717, 1.165) is 61.6 Å². The van der Waals surface area contributed by atoms with E-state index in [1.165, 1.54) is 5.57 Å². The lowest BCUT2D eigenvalue weighted by Gasteiger charge is -2.44. The second kappa shape index (κ2) is 22.3. The van der Waals surface area contributed by atoms with Crippen LogP contribution in [0.15, 0.2) is 65.3 Å². The molecule has 4 heterocycles. The van der Waals surface area contributed by atoms with Crippen LogP contribution in [-0.4, -0.2) is 105 Å². The molecule has 75 heavy (non-hydrogen) atoms. The molecule has 1 saturated heterocycles. The minimum absolute atomic E-state index is 0.0142. The van der Waals surface area contributed by atoms with Crippen LogP contribution in [-0.2, 0) is 31.8 Å². The number of rotatable bonds is 20. The van der Waals surface area contributed by atoms with E-state index in [-0.39, 0.29) is 70.9 Å². The molecule has 1 aliphatic carbocycles. The van der Waals surface area contributed by atoms with Crippen molar-refractivity contribution >= 4 is 55.5 Å². The molecule has 5 aliphatic rings. The summed E-state index contributed by atoms with van der Waals surface area (Å²) in [5, 5.41) is 2.65.